The van der Waals surface area contributed by atoms with Gasteiger partial charge in [-0.3, -0.25) is 0 Å². The molecule has 21 heavy (non-hydrogen) atoms. The van der Waals surface area contributed by atoms with E-state index < -0.39 is 0 Å². The lowest BCUT2D eigenvalue weighted by Crippen LogP contribution is -1.90. The smallest absolute Gasteiger partial charge is 0.236 e. The number of aryl methyl sites for hydroxylation is 1. The third-order valence-corrected chi connectivity index (χ3v) is 5.42. The fourth-order valence-corrected chi connectivity index (χ4v) is 3.87. The summed E-state index contributed by atoms with van der Waals surface area (Å²) in [6.07, 6.45) is 0. The minimum Gasteiger partial charge on any atom is -0.440 e. The average Bonchev–Trinajstić information content (AvgIpc) is 3.08. The zero-order valence-corrected chi connectivity index (χ0v) is 13.7. The standard InChI is InChI=1S/C15H13ClN2OS2/c1-9-12(18-15(19-9)13-6-3-7-20-13)8-21-14-10(16)4-2-5-11(14)17/h2-7H,8,17H2,1H3. The average molecular weight is 337 g/mol. The van der Waals surface area contributed by atoms with Gasteiger partial charge in [0.1, 0.15) is 5.76 Å². The topological polar surface area (TPSA) is 52.0 Å². The van der Waals surface area contributed by atoms with Crippen LogP contribution in [0.3, 0.4) is 0 Å². The Kier molecular flexibility index (Phi) is 4.24. The molecule has 2 aromatic heterocycles. The maximum absolute atomic E-state index is 6.18. The van der Waals surface area contributed by atoms with Gasteiger partial charge in [0.25, 0.3) is 0 Å². The highest BCUT2D eigenvalue weighted by Gasteiger charge is 2.14. The maximum Gasteiger partial charge on any atom is 0.236 e. The number of hydrogen-bond donors (Lipinski definition) is 1. The molecule has 3 nitrogen and oxygen atoms in total. The Morgan fingerprint density at radius 1 is 1.33 bits per heavy atom. The van der Waals surface area contributed by atoms with Crippen LogP contribution in [0, 0.1) is 6.92 Å². The van der Waals surface area contributed by atoms with Crippen molar-refractivity contribution in [3.8, 4) is 10.8 Å². The lowest BCUT2D eigenvalue weighted by molar-refractivity contribution is 0.542. The number of nitrogens with two attached hydrogens (primary N) is 1. The number of nitrogens with zero attached hydrogens (tertiary/aromatic N) is 1. The van der Waals surface area contributed by atoms with Crippen LogP contribution in [0.15, 0.2) is 45.0 Å². The number of anilines is 1. The van der Waals surface area contributed by atoms with Crippen molar-refractivity contribution in [1.82, 2.24) is 4.98 Å². The number of thioether (sulfide) groups is 1. The third-order valence-electron chi connectivity index (χ3n) is 2.98. The summed E-state index contributed by atoms with van der Waals surface area (Å²) in [5.74, 6) is 2.18. The summed E-state index contributed by atoms with van der Waals surface area (Å²) in [5, 5.41) is 2.67. The number of hydrogen-bond acceptors (Lipinski definition) is 5. The minimum absolute atomic E-state index is 0.666. The Hall–Kier alpha value is -1.43. The summed E-state index contributed by atoms with van der Waals surface area (Å²) >= 11 is 9.37. The molecule has 0 bridgehead atoms. The molecule has 0 aliphatic carbocycles. The third kappa shape index (κ3) is 3.10. The maximum atomic E-state index is 6.18. The van der Waals surface area contributed by atoms with E-state index in [4.69, 9.17) is 21.8 Å². The van der Waals surface area contributed by atoms with E-state index >= 15 is 0 Å². The molecule has 0 spiro atoms. The highest BCUT2D eigenvalue weighted by molar-refractivity contribution is 7.98. The summed E-state index contributed by atoms with van der Waals surface area (Å²) in [5.41, 5.74) is 7.56. The van der Waals surface area contributed by atoms with Gasteiger partial charge in [-0.05, 0) is 30.5 Å². The Labute approximate surface area is 136 Å². The molecule has 0 radical (unpaired) electrons. The van der Waals surface area contributed by atoms with Crippen LogP contribution in [0.4, 0.5) is 5.69 Å². The zero-order chi connectivity index (χ0) is 14.8. The largest absolute Gasteiger partial charge is 0.440 e. The lowest BCUT2D eigenvalue weighted by Gasteiger charge is -2.06. The first-order chi connectivity index (χ1) is 10.1. The van der Waals surface area contributed by atoms with Gasteiger partial charge in [0.15, 0.2) is 0 Å². The molecule has 0 saturated carbocycles. The number of rotatable bonds is 4. The lowest BCUT2D eigenvalue weighted by atomic mass is 10.3. The van der Waals surface area contributed by atoms with Crippen LogP contribution in [0.1, 0.15) is 11.5 Å². The minimum atomic E-state index is 0.666. The summed E-state index contributed by atoms with van der Waals surface area (Å²) in [6, 6.07) is 9.52. The Morgan fingerprint density at radius 2 is 2.19 bits per heavy atom. The second-order valence-corrected chi connectivity index (χ2v) is 6.79. The van der Waals surface area contributed by atoms with Crippen LogP contribution >= 0.6 is 34.7 Å². The molecule has 0 atom stereocenters. The van der Waals surface area contributed by atoms with Crippen molar-refractivity contribution in [2.45, 2.75) is 17.6 Å². The molecule has 0 amide bonds. The van der Waals surface area contributed by atoms with Crippen molar-refractivity contribution in [3.05, 3.63) is 52.2 Å². The first-order valence-electron chi connectivity index (χ1n) is 6.32. The predicted octanol–water partition coefficient (Wildman–Crippen LogP) is 5.24. The summed E-state index contributed by atoms with van der Waals surface area (Å²) in [4.78, 5) is 6.49. The van der Waals surface area contributed by atoms with Crippen molar-refractivity contribution >= 4 is 40.4 Å². The van der Waals surface area contributed by atoms with Crippen LogP contribution in [0.5, 0.6) is 0 Å². The number of halogens is 1. The molecule has 3 rings (SSSR count). The van der Waals surface area contributed by atoms with E-state index in [1.54, 1.807) is 23.1 Å². The monoisotopic (exact) mass is 336 g/mol. The number of oxazole rings is 1. The van der Waals surface area contributed by atoms with Crippen molar-refractivity contribution in [3.63, 3.8) is 0 Å². The number of aromatic nitrogens is 1. The first kappa shape index (κ1) is 14.5. The molecule has 0 aliphatic heterocycles. The second-order valence-electron chi connectivity index (χ2n) is 4.45. The SMILES string of the molecule is Cc1oc(-c2cccs2)nc1CSc1c(N)cccc1Cl. The molecule has 0 fully saturated rings. The highest BCUT2D eigenvalue weighted by atomic mass is 35.5. The van der Waals surface area contributed by atoms with Gasteiger partial charge in [-0.2, -0.15) is 0 Å². The van der Waals surface area contributed by atoms with E-state index in [0.717, 1.165) is 21.2 Å². The summed E-state index contributed by atoms with van der Waals surface area (Å²) in [6.45, 7) is 1.93. The van der Waals surface area contributed by atoms with Gasteiger partial charge in [0.05, 0.1) is 15.6 Å². The van der Waals surface area contributed by atoms with Gasteiger partial charge in [0.2, 0.25) is 5.89 Å². The molecular formula is C15H13ClN2OS2. The number of benzene rings is 1. The van der Waals surface area contributed by atoms with Gasteiger partial charge >= 0.3 is 0 Å². The van der Waals surface area contributed by atoms with Crippen molar-refractivity contribution < 1.29 is 4.42 Å². The molecule has 1 aromatic carbocycles. The van der Waals surface area contributed by atoms with Gasteiger partial charge in [0, 0.05) is 16.3 Å². The van der Waals surface area contributed by atoms with Gasteiger partial charge < -0.3 is 10.2 Å². The van der Waals surface area contributed by atoms with Crippen molar-refractivity contribution in [2.75, 3.05) is 5.73 Å². The molecule has 2 N–H and O–H groups in total. The molecule has 0 unspecified atom stereocenters. The molecular weight excluding hydrogens is 324 g/mol. The fraction of sp³-hybridized carbons (Fsp3) is 0.133. The molecule has 0 aliphatic rings. The molecule has 6 heteroatoms. The summed E-state index contributed by atoms with van der Waals surface area (Å²) in [7, 11) is 0. The highest BCUT2D eigenvalue weighted by Crippen LogP contribution is 2.35. The fourth-order valence-electron chi connectivity index (χ4n) is 1.89. The molecule has 2 heterocycles. The van der Waals surface area contributed by atoms with Crippen molar-refractivity contribution in [1.29, 1.82) is 0 Å². The van der Waals surface area contributed by atoms with Crippen LogP contribution in [0.25, 0.3) is 10.8 Å². The summed E-state index contributed by atoms with van der Waals surface area (Å²) < 4.78 is 5.73. The van der Waals surface area contributed by atoms with Crippen LogP contribution < -0.4 is 5.73 Å². The Bertz CT molecular complexity index is 733. The van der Waals surface area contributed by atoms with E-state index in [0.29, 0.717) is 22.4 Å². The first-order valence-corrected chi connectivity index (χ1v) is 8.56. The Balaban J connectivity index is 1.80. The predicted molar refractivity (Wildman–Crippen MR) is 90.0 cm³/mol. The van der Waals surface area contributed by atoms with Crippen LogP contribution in [-0.4, -0.2) is 4.98 Å². The molecule has 0 saturated heterocycles. The van der Waals surface area contributed by atoms with E-state index in [2.05, 4.69) is 4.98 Å². The van der Waals surface area contributed by atoms with E-state index in [1.807, 2.05) is 42.6 Å². The van der Waals surface area contributed by atoms with Crippen molar-refractivity contribution in [2.24, 2.45) is 0 Å². The van der Waals surface area contributed by atoms with Crippen LogP contribution in [-0.2, 0) is 5.75 Å². The van der Waals surface area contributed by atoms with E-state index in [9.17, 15) is 0 Å². The normalized spacial score (nSPS) is 11.0. The number of thiophene rings is 1. The molecule has 3 aromatic rings. The Morgan fingerprint density at radius 3 is 2.90 bits per heavy atom. The van der Waals surface area contributed by atoms with E-state index in [1.165, 1.54) is 0 Å². The molecule has 108 valence electrons. The van der Waals surface area contributed by atoms with Crippen LogP contribution in [0.2, 0.25) is 5.02 Å². The van der Waals surface area contributed by atoms with Gasteiger partial charge in [-0.1, -0.05) is 23.7 Å². The van der Waals surface area contributed by atoms with Gasteiger partial charge in [-0.15, -0.1) is 23.1 Å². The second kappa shape index (κ2) is 6.13. The quantitative estimate of drug-likeness (QED) is 0.523. The van der Waals surface area contributed by atoms with Gasteiger partial charge in [-0.25, -0.2) is 4.98 Å². The van der Waals surface area contributed by atoms with E-state index in [-0.39, 0.29) is 0 Å². The number of nitrogen functional groups attached to an aromatic ring is 1. The zero-order valence-electron chi connectivity index (χ0n) is 11.3.